The highest BCUT2D eigenvalue weighted by atomic mass is 32.2. The molecule has 47 heavy (non-hydrogen) atoms. The van der Waals surface area contributed by atoms with E-state index in [-0.39, 0.29) is 15.7 Å². The van der Waals surface area contributed by atoms with E-state index in [1.807, 2.05) is 4.72 Å². The van der Waals surface area contributed by atoms with Crippen LogP contribution >= 0.6 is 18.9 Å². The second-order valence-electron chi connectivity index (χ2n) is 12.4. The van der Waals surface area contributed by atoms with Crippen LogP contribution < -0.4 is 30.7 Å². The zero-order valence-electron chi connectivity index (χ0n) is 26.1. The fraction of sp³-hybridized carbons (Fsp3) is 0.467. The second kappa shape index (κ2) is 13.8. The summed E-state index contributed by atoms with van der Waals surface area (Å²) in [7, 11) is -10.2. The molecule has 6 rings (SSSR count). The SMILES string of the molecule is Cc1c(S(=O)(=O)NC(c2ccc(C#N)c(F)c2)P(=O)([O-])[O-])sc2ccc(OCCC[N+]34CC[N+](CCCN=C(N)N)(CC3)CC4)cc12. The van der Waals surface area contributed by atoms with Gasteiger partial charge in [-0.25, -0.2) is 12.8 Å². The standard InChI is InChI=1S/C30H39FN7O6PS2/c1-21-25-19-24(44-17-3-10-38-14-11-37(12-15-38,13-16-38)9-2-8-35-30(33)34)6-7-27(25)46-29(21)47(42,43)36-28(45(39,40)41)22-4-5-23(20-32)26(31)18-22/h4-7,18-19,28,36H,2-3,8-17H2,1H3,(H4-2,33,34,35,39,40,41). The summed E-state index contributed by atoms with van der Waals surface area (Å²) >= 11 is 0.919. The number of nitrogens with zero attached hydrogens (tertiary/aromatic N) is 4. The minimum Gasteiger partial charge on any atom is -0.809 e. The van der Waals surface area contributed by atoms with Crippen molar-refractivity contribution in [1.82, 2.24) is 4.72 Å². The highest BCUT2D eigenvalue weighted by molar-refractivity contribution is 7.92. The third kappa shape index (κ3) is 7.96. The van der Waals surface area contributed by atoms with Gasteiger partial charge in [0.1, 0.15) is 61.1 Å². The first-order valence-electron chi connectivity index (χ1n) is 15.3. The molecule has 1 aromatic heterocycles. The molecule has 3 saturated heterocycles. The predicted molar refractivity (Wildman–Crippen MR) is 173 cm³/mol. The number of piperazine rings is 3. The van der Waals surface area contributed by atoms with Crippen LogP contribution in [0.2, 0.25) is 0 Å². The number of rotatable bonds is 14. The number of hydrogen-bond acceptors (Lipinski definition) is 9. The number of nitrogens with two attached hydrogens (primary N) is 2. The number of fused-ring (bicyclic) bond motifs is 4. The first-order chi connectivity index (χ1) is 22.2. The van der Waals surface area contributed by atoms with Crippen molar-refractivity contribution < 1.29 is 40.9 Å². The molecular weight excluding hydrogens is 668 g/mol. The van der Waals surface area contributed by atoms with E-state index in [1.165, 1.54) is 0 Å². The van der Waals surface area contributed by atoms with Gasteiger partial charge in [-0.3, -0.25) is 4.99 Å². The van der Waals surface area contributed by atoms with Crippen molar-refractivity contribution in [3.8, 4) is 11.8 Å². The van der Waals surface area contributed by atoms with Crippen LogP contribution in [0.25, 0.3) is 10.1 Å². The number of ether oxygens (including phenoxy) is 1. The number of nitriles is 1. The fourth-order valence-corrected chi connectivity index (χ4v) is 10.9. The first-order valence-corrected chi connectivity index (χ1v) is 19.2. The Hall–Kier alpha value is -3.13. The van der Waals surface area contributed by atoms with E-state index in [9.17, 15) is 27.2 Å². The van der Waals surface area contributed by atoms with E-state index in [2.05, 4.69) is 4.99 Å². The van der Waals surface area contributed by atoms with Gasteiger partial charge in [0.05, 0.1) is 31.0 Å². The van der Waals surface area contributed by atoms with Gasteiger partial charge in [-0.05, 0) is 56.0 Å². The van der Waals surface area contributed by atoms with Gasteiger partial charge in [0.25, 0.3) is 10.0 Å². The molecule has 2 bridgehead atoms. The van der Waals surface area contributed by atoms with E-state index in [0.29, 0.717) is 40.6 Å². The predicted octanol–water partition coefficient (Wildman–Crippen LogP) is 1.20. The molecule has 0 radical (unpaired) electrons. The van der Waals surface area contributed by atoms with Crippen LogP contribution in [-0.2, 0) is 14.6 Å². The highest BCUT2D eigenvalue weighted by Crippen LogP contribution is 2.45. The molecule has 3 fully saturated rings. The number of hydrogen-bond donors (Lipinski definition) is 3. The average Bonchev–Trinajstić information content (AvgIpc) is 3.37. The van der Waals surface area contributed by atoms with Crippen molar-refractivity contribution in [3.63, 3.8) is 0 Å². The summed E-state index contributed by atoms with van der Waals surface area (Å²) < 4.78 is 63.8. The third-order valence-corrected chi connectivity index (χ3v) is 13.9. The number of aliphatic imine (C=N–C) groups is 1. The Bertz CT molecular complexity index is 1850. The molecule has 13 nitrogen and oxygen atoms in total. The van der Waals surface area contributed by atoms with Crippen LogP contribution in [-0.4, -0.2) is 88.9 Å². The topological polar surface area (TPSA) is 207 Å². The molecule has 4 heterocycles. The van der Waals surface area contributed by atoms with Crippen molar-refractivity contribution in [2.45, 2.75) is 29.8 Å². The molecule has 3 aromatic rings. The van der Waals surface area contributed by atoms with Gasteiger partial charge in [0, 0.05) is 29.5 Å². The second-order valence-corrected chi connectivity index (χ2v) is 17.0. The van der Waals surface area contributed by atoms with Crippen LogP contribution in [0.15, 0.2) is 45.6 Å². The summed E-state index contributed by atoms with van der Waals surface area (Å²) in [6.07, 6.45) is 1.85. The minimum atomic E-state index is -5.63. The quantitative estimate of drug-likeness (QED) is 0.0723. The third-order valence-electron chi connectivity index (χ3n) is 9.40. The Balaban J connectivity index is 1.20. The smallest absolute Gasteiger partial charge is 0.251 e. The van der Waals surface area contributed by atoms with E-state index in [4.69, 9.17) is 21.5 Å². The zero-order chi connectivity index (χ0) is 34.0. The highest BCUT2D eigenvalue weighted by Gasteiger charge is 2.48. The van der Waals surface area contributed by atoms with Crippen LogP contribution in [0.4, 0.5) is 4.39 Å². The molecule has 3 aliphatic heterocycles. The average molecular weight is 708 g/mol. The van der Waals surface area contributed by atoms with Gasteiger partial charge < -0.3 is 39.5 Å². The lowest BCUT2D eigenvalue weighted by atomic mass is 10.1. The molecule has 17 heteroatoms. The molecule has 1 atom stereocenters. The Morgan fingerprint density at radius 3 is 2.32 bits per heavy atom. The van der Waals surface area contributed by atoms with Gasteiger partial charge in [-0.1, -0.05) is 6.07 Å². The largest absolute Gasteiger partial charge is 0.809 e. The van der Waals surface area contributed by atoms with E-state index >= 15 is 0 Å². The normalized spacial score (nSPS) is 21.8. The Morgan fingerprint density at radius 2 is 1.74 bits per heavy atom. The van der Waals surface area contributed by atoms with Crippen molar-refractivity contribution in [3.05, 3.63) is 58.9 Å². The molecule has 0 spiro atoms. The maximum absolute atomic E-state index is 14.2. The Morgan fingerprint density at radius 1 is 1.11 bits per heavy atom. The number of nitrogens with one attached hydrogen (secondary N) is 1. The van der Waals surface area contributed by atoms with Crippen molar-refractivity contribution in [1.29, 1.82) is 5.26 Å². The molecule has 3 aliphatic rings. The van der Waals surface area contributed by atoms with Gasteiger partial charge in [-0.15, -0.1) is 11.3 Å². The molecule has 2 aromatic carbocycles. The zero-order valence-corrected chi connectivity index (χ0v) is 28.6. The van der Waals surface area contributed by atoms with E-state index in [0.717, 1.165) is 97.6 Å². The molecule has 0 amide bonds. The molecule has 0 aliphatic carbocycles. The molecule has 5 N–H and O–H groups in total. The molecule has 1 unspecified atom stereocenters. The number of thiophene rings is 1. The Labute approximate surface area is 277 Å². The number of sulfonamides is 1. The number of quaternary nitrogens is 2. The lowest BCUT2D eigenvalue weighted by Crippen LogP contribution is -2.75. The summed E-state index contributed by atoms with van der Waals surface area (Å²) in [5, 5.41) is 9.56. The molecule has 254 valence electrons. The first kappa shape index (κ1) is 35.2. The fourth-order valence-electron chi connectivity index (χ4n) is 6.65. The summed E-state index contributed by atoms with van der Waals surface area (Å²) in [5.41, 5.74) is 10.4. The number of aryl methyl sites for hydroxylation is 1. The van der Waals surface area contributed by atoms with Crippen LogP contribution in [0.3, 0.4) is 0 Å². The van der Waals surface area contributed by atoms with Crippen LogP contribution in [0, 0.1) is 24.1 Å². The van der Waals surface area contributed by atoms with Crippen molar-refractivity contribution in [2.75, 3.05) is 65.5 Å². The summed E-state index contributed by atoms with van der Waals surface area (Å²) in [4.78, 5) is 28.3. The summed E-state index contributed by atoms with van der Waals surface area (Å²) in [5.74, 6) is -2.62. The summed E-state index contributed by atoms with van der Waals surface area (Å²) in [6.45, 7) is 11.8. The van der Waals surface area contributed by atoms with Crippen LogP contribution in [0.5, 0.6) is 5.75 Å². The van der Waals surface area contributed by atoms with Gasteiger partial charge in [0.2, 0.25) is 0 Å². The number of benzene rings is 2. The van der Waals surface area contributed by atoms with Gasteiger partial charge in [-0.2, -0.15) is 9.98 Å². The minimum absolute atomic E-state index is 0.141. The maximum Gasteiger partial charge on any atom is 0.251 e. The maximum atomic E-state index is 14.2. The molecular formula is C30H39FN7O6PS2. The van der Waals surface area contributed by atoms with Gasteiger partial charge in [0.15, 0.2) is 5.96 Å². The number of halogens is 1. The number of guanidine groups is 1. The van der Waals surface area contributed by atoms with Crippen molar-refractivity contribution in [2.24, 2.45) is 16.5 Å². The monoisotopic (exact) mass is 707 g/mol. The van der Waals surface area contributed by atoms with E-state index in [1.54, 1.807) is 31.2 Å². The van der Waals surface area contributed by atoms with Gasteiger partial charge >= 0.3 is 0 Å². The summed E-state index contributed by atoms with van der Waals surface area (Å²) in [6, 6.07) is 9.53. The van der Waals surface area contributed by atoms with E-state index < -0.39 is 34.8 Å². The lowest BCUT2D eigenvalue weighted by Gasteiger charge is -2.55. The van der Waals surface area contributed by atoms with Crippen molar-refractivity contribution >= 4 is 45.0 Å². The lowest BCUT2D eigenvalue weighted by molar-refractivity contribution is -1.08. The Kier molecular flexibility index (Phi) is 10.3. The molecule has 0 saturated carbocycles. The van der Waals surface area contributed by atoms with Crippen LogP contribution in [0.1, 0.15) is 35.3 Å².